The second kappa shape index (κ2) is 26.6. The second-order valence-corrected chi connectivity index (χ2v) is 18.5. The summed E-state index contributed by atoms with van der Waals surface area (Å²) in [4.78, 5) is 94.7. The lowest BCUT2D eigenvalue weighted by Crippen LogP contribution is -2.60. The van der Waals surface area contributed by atoms with Crippen molar-refractivity contribution >= 4 is 41.4 Å². The fraction of sp³-hybridized carbons (Fsp3) is 0.711. The van der Waals surface area contributed by atoms with E-state index in [1.165, 1.54) is 0 Å². The van der Waals surface area contributed by atoms with Gasteiger partial charge in [-0.2, -0.15) is 0 Å². The fourth-order valence-electron chi connectivity index (χ4n) is 6.71. The number of rotatable bonds is 27. The summed E-state index contributed by atoms with van der Waals surface area (Å²) in [6, 6.07) is 1.72. The lowest BCUT2D eigenvalue weighted by molar-refractivity contribution is -0.143. The highest BCUT2D eigenvalue weighted by Crippen LogP contribution is 2.15. The molecule has 0 fully saturated rings. The molecule has 0 aliphatic rings. The highest BCUT2D eigenvalue weighted by molar-refractivity contribution is 5.97. The van der Waals surface area contributed by atoms with Gasteiger partial charge in [-0.15, -0.1) is 0 Å². The van der Waals surface area contributed by atoms with E-state index in [2.05, 4.69) is 31.9 Å². The molecular weight excluding hydrogens is 767 g/mol. The van der Waals surface area contributed by atoms with Crippen LogP contribution in [-0.4, -0.2) is 88.8 Å². The molecule has 0 heterocycles. The Morgan fingerprint density at radius 1 is 0.467 bits per heavy atom. The number of carboxylic acid groups (broad SMARTS) is 1. The largest absolute Gasteiger partial charge is 0.480 e. The third-order valence-electron chi connectivity index (χ3n) is 10.2. The van der Waals surface area contributed by atoms with E-state index in [1.807, 2.05) is 113 Å². The third-order valence-corrected chi connectivity index (χ3v) is 10.2. The molecular formula is C45H77N7O8. The van der Waals surface area contributed by atoms with Crippen LogP contribution in [0.5, 0.6) is 0 Å². The Labute approximate surface area is 358 Å². The van der Waals surface area contributed by atoms with Crippen molar-refractivity contribution in [2.45, 2.75) is 170 Å². The molecule has 0 spiro atoms. The minimum atomic E-state index is -1.18. The standard InChI is InChI=1S/C45H77N7O8/c1-13-30(12)38(46)44(58)51-35(22-28(8)9)41(55)50-36(24-31-17-15-14-16-18-31)43(57)49-33(20-26(4)5)40(54)47-32(19-25(2)3)39(53)48-34(21-27(6)7)42(56)52-37(45(59)60)23-29(10)11/h14-18,25-30,32-38H,13,19-24,46H2,1-12H3,(H,47,54)(H,48,53)(H,49,57)(H,50,55)(H,51,58)(H,52,56)(H,59,60)/t30-,32-,33-,34-,35-,36-,37-,38-/m0/s1. The van der Waals surface area contributed by atoms with Gasteiger partial charge in [0, 0.05) is 6.42 Å². The molecule has 0 aromatic heterocycles. The predicted octanol–water partition coefficient (Wildman–Crippen LogP) is 3.83. The minimum Gasteiger partial charge on any atom is -0.480 e. The average Bonchev–Trinajstić information content (AvgIpc) is 3.14. The van der Waals surface area contributed by atoms with Crippen LogP contribution in [0.15, 0.2) is 30.3 Å². The number of nitrogens with two attached hydrogens (primary N) is 1. The van der Waals surface area contributed by atoms with E-state index in [0.717, 1.165) is 5.56 Å². The Morgan fingerprint density at radius 2 is 0.750 bits per heavy atom. The Hall–Kier alpha value is -4.53. The average molecular weight is 844 g/mol. The van der Waals surface area contributed by atoms with Crippen molar-refractivity contribution in [2.24, 2.45) is 41.2 Å². The van der Waals surface area contributed by atoms with Crippen LogP contribution in [0.3, 0.4) is 0 Å². The van der Waals surface area contributed by atoms with Crippen LogP contribution in [0, 0.1) is 35.5 Å². The summed E-state index contributed by atoms with van der Waals surface area (Å²) in [7, 11) is 0. The topological polar surface area (TPSA) is 238 Å². The van der Waals surface area contributed by atoms with Crippen molar-refractivity contribution in [2.75, 3.05) is 0 Å². The summed E-state index contributed by atoms with van der Waals surface area (Å²) in [6.45, 7) is 22.6. The fourth-order valence-corrected chi connectivity index (χ4v) is 6.71. The summed E-state index contributed by atoms with van der Waals surface area (Å²) in [5.74, 6) is -5.02. The summed E-state index contributed by atoms with van der Waals surface area (Å²) in [5.41, 5.74) is 6.94. The summed E-state index contributed by atoms with van der Waals surface area (Å²) < 4.78 is 0. The normalized spacial score (nSPS) is 15.6. The number of nitrogens with one attached hydrogen (secondary N) is 6. The number of benzene rings is 1. The van der Waals surface area contributed by atoms with E-state index in [9.17, 15) is 38.7 Å². The van der Waals surface area contributed by atoms with Gasteiger partial charge in [-0.1, -0.05) is 120 Å². The first kappa shape index (κ1) is 53.5. The van der Waals surface area contributed by atoms with Crippen LogP contribution in [0.25, 0.3) is 0 Å². The lowest BCUT2D eigenvalue weighted by atomic mass is 9.97. The van der Waals surface area contributed by atoms with Gasteiger partial charge < -0.3 is 42.7 Å². The van der Waals surface area contributed by atoms with Crippen LogP contribution in [0.2, 0.25) is 0 Å². The van der Waals surface area contributed by atoms with E-state index in [4.69, 9.17) is 5.73 Å². The number of carbonyl (C=O) groups excluding carboxylic acids is 6. The molecule has 0 saturated heterocycles. The van der Waals surface area contributed by atoms with Crippen molar-refractivity contribution in [3.63, 3.8) is 0 Å². The summed E-state index contributed by atoms with van der Waals surface area (Å²) in [5, 5.41) is 26.4. The SMILES string of the molecule is CC[C@H](C)[C@H](N)C(=O)N[C@@H](CC(C)C)C(=O)N[C@@H](Cc1ccccc1)C(=O)N[C@@H](CC(C)C)C(=O)N[C@@H](CC(C)C)C(=O)N[C@@H](CC(C)C)C(=O)N[C@@H](CC(C)C)C(=O)O. The van der Waals surface area contributed by atoms with Gasteiger partial charge in [-0.3, -0.25) is 28.8 Å². The molecule has 0 bridgehead atoms. The molecule has 1 rings (SSSR count). The predicted molar refractivity (Wildman–Crippen MR) is 234 cm³/mol. The molecule has 0 aliphatic heterocycles. The second-order valence-electron chi connectivity index (χ2n) is 18.5. The minimum absolute atomic E-state index is 0.00685. The molecule has 15 nitrogen and oxygen atoms in total. The molecule has 0 radical (unpaired) electrons. The molecule has 0 unspecified atom stereocenters. The zero-order valence-corrected chi connectivity index (χ0v) is 38.2. The van der Waals surface area contributed by atoms with E-state index < -0.39 is 83.7 Å². The number of carboxylic acids is 1. The van der Waals surface area contributed by atoms with Gasteiger partial charge in [0.15, 0.2) is 0 Å². The van der Waals surface area contributed by atoms with Crippen LogP contribution >= 0.6 is 0 Å². The smallest absolute Gasteiger partial charge is 0.326 e. The van der Waals surface area contributed by atoms with Crippen LogP contribution in [0.4, 0.5) is 0 Å². The summed E-state index contributed by atoms with van der Waals surface area (Å²) >= 11 is 0. The Balaban J connectivity index is 3.45. The monoisotopic (exact) mass is 844 g/mol. The first-order chi connectivity index (χ1) is 27.9. The van der Waals surface area contributed by atoms with Gasteiger partial charge in [0.2, 0.25) is 35.4 Å². The molecule has 60 heavy (non-hydrogen) atoms. The molecule has 1 aromatic rings. The molecule has 8 atom stereocenters. The van der Waals surface area contributed by atoms with Crippen molar-refractivity contribution in [3.05, 3.63) is 35.9 Å². The maximum Gasteiger partial charge on any atom is 0.326 e. The van der Waals surface area contributed by atoms with Crippen molar-refractivity contribution in [1.29, 1.82) is 0 Å². The molecule has 9 N–H and O–H groups in total. The third kappa shape index (κ3) is 20.2. The van der Waals surface area contributed by atoms with Crippen LogP contribution in [0.1, 0.15) is 127 Å². The van der Waals surface area contributed by atoms with Crippen molar-refractivity contribution in [3.8, 4) is 0 Å². The van der Waals surface area contributed by atoms with Gasteiger partial charge in [0.05, 0.1) is 6.04 Å². The number of carbonyl (C=O) groups is 7. The van der Waals surface area contributed by atoms with Crippen LogP contribution < -0.4 is 37.6 Å². The van der Waals surface area contributed by atoms with Crippen LogP contribution in [-0.2, 0) is 40.0 Å². The molecule has 1 aromatic carbocycles. The maximum absolute atomic E-state index is 14.2. The van der Waals surface area contributed by atoms with Gasteiger partial charge in [0.25, 0.3) is 0 Å². The number of amides is 6. The zero-order chi connectivity index (χ0) is 45.9. The van der Waals surface area contributed by atoms with E-state index in [1.54, 1.807) is 0 Å². The van der Waals surface area contributed by atoms with E-state index >= 15 is 0 Å². The summed E-state index contributed by atoms with van der Waals surface area (Å²) in [6.07, 6.45) is 1.88. The zero-order valence-electron chi connectivity index (χ0n) is 38.2. The first-order valence-electron chi connectivity index (χ1n) is 21.8. The molecule has 15 heteroatoms. The van der Waals surface area contributed by atoms with E-state index in [0.29, 0.717) is 12.8 Å². The van der Waals surface area contributed by atoms with Crippen molar-refractivity contribution < 1.29 is 38.7 Å². The van der Waals surface area contributed by atoms with Gasteiger partial charge in [-0.25, -0.2) is 4.79 Å². The Bertz CT molecular complexity index is 1530. The van der Waals surface area contributed by atoms with E-state index in [-0.39, 0.29) is 67.6 Å². The number of hydrogen-bond donors (Lipinski definition) is 8. The highest BCUT2D eigenvalue weighted by Gasteiger charge is 2.35. The Kier molecular flexibility index (Phi) is 23.7. The first-order valence-corrected chi connectivity index (χ1v) is 21.8. The quantitative estimate of drug-likeness (QED) is 0.0642. The van der Waals surface area contributed by atoms with Crippen molar-refractivity contribution in [1.82, 2.24) is 31.9 Å². The number of aliphatic carboxylic acids is 1. The maximum atomic E-state index is 14.2. The van der Waals surface area contributed by atoms with Gasteiger partial charge in [0.1, 0.15) is 36.3 Å². The molecule has 340 valence electrons. The Morgan fingerprint density at radius 3 is 1.07 bits per heavy atom. The highest BCUT2D eigenvalue weighted by atomic mass is 16.4. The lowest BCUT2D eigenvalue weighted by Gasteiger charge is -2.29. The van der Waals surface area contributed by atoms with Gasteiger partial charge in [-0.05, 0) is 73.2 Å². The molecule has 6 amide bonds. The molecule has 0 saturated carbocycles. The van der Waals surface area contributed by atoms with Gasteiger partial charge >= 0.3 is 5.97 Å². The number of hydrogen-bond acceptors (Lipinski definition) is 8. The molecule has 0 aliphatic carbocycles.